The fraction of sp³-hybridized carbons (Fsp3) is 0. The highest BCUT2D eigenvalue weighted by Crippen LogP contribution is 2.21. The molecule has 0 N–H and O–H groups in total. The lowest BCUT2D eigenvalue weighted by molar-refractivity contribution is 0.510. The van der Waals surface area contributed by atoms with Gasteiger partial charge in [-0.05, 0) is 18.2 Å². The molecule has 0 saturated carbocycles. The minimum atomic E-state index is -0.865. The molecule has 0 spiro atoms. The summed E-state index contributed by atoms with van der Waals surface area (Å²) in [5, 5.41) is 1.53. The Morgan fingerprint density at radius 1 is 0.765 bits per heavy atom. The van der Waals surface area contributed by atoms with Gasteiger partial charge in [0, 0.05) is 16.8 Å². The smallest absolute Gasteiger partial charge is 0.161 e. The zero-order chi connectivity index (χ0) is 11.1. The van der Waals surface area contributed by atoms with Crippen molar-refractivity contribution < 1.29 is 8.78 Å². The molecular weight excluding hydrogens is 244 g/mol. The molecule has 0 aliphatic heterocycles. The number of fused-ring (bicyclic) bond motifs is 2. The van der Waals surface area contributed by atoms with Crippen LogP contribution in [-0.4, -0.2) is 4.98 Å². The maximum Gasteiger partial charge on any atom is 0.161 e. The van der Waals surface area contributed by atoms with Crippen molar-refractivity contribution in [3.8, 4) is 0 Å². The molecule has 0 bridgehead atoms. The van der Waals surface area contributed by atoms with Crippen LogP contribution in [0.3, 0.4) is 0 Å². The fourth-order valence-corrected chi connectivity index (χ4v) is 1.77. The zero-order valence-corrected chi connectivity index (χ0v) is 9.47. The van der Waals surface area contributed by atoms with E-state index in [1.807, 2.05) is 24.3 Å². The highest BCUT2D eigenvalue weighted by Gasteiger charge is 2.05. The van der Waals surface area contributed by atoms with Gasteiger partial charge in [0.15, 0.2) is 11.6 Å². The topological polar surface area (TPSA) is 12.9 Å². The van der Waals surface area contributed by atoms with Gasteiger partial charge in [0.1, 0.15) is 0 Å². The van der Waals surface area contributed by atoms with Crippen LogP contribution in [0.2, 0.25) is 0 Å². The van der Waals surface area contributed by atoms with E-state index in [1.54, 1.807) is 6.07 Å². The van der Waals surface area contributed by atoms with Crippen LogP contribution >= 0.6 is 12.4 Å². The Kier molecular flexibility index (Phi) is 2.94. The highest BCUT2D eigenvalue weighted by molar-refractivity contribution is 5.92. The van der Waals surface area contributed by atoms with Crippen LogP contribution in [0.1, 0.15) is 0 Å². The van der Waals surface area contributed by atoms with Gasteiger partial charge >= 0.3 is 0 Å². The Labute approximate surface area is 102 Å². The first-order valence-corrected chi connectivity index (χ1v) is 4.88. The Morgan fingerprint density at radius 3 is 2.29 bits per heavy atom. The monoisotopic (exact) mass is 251 g/mol. The van der Waals surface area contributed by atoms with E-state index in [0.717, 1.165) is 17.0 Å². The summed E-state index contributed by atoms with van der Waals surface area (Å²) in [6.07, 6.45) is 0. The molecule has 4 heteroatoms. The maximum absolute atomic E-state index is 13.0. The van der Waals surface area contributed by atoms with Gasteiger partial charge in [0.25, 0.3) is 0 Å². The fourth-order valence-electron chi connectivity index (χ4n) is 1.77. The molecule has 1 heterocycles. The van der Waals surface area contributed by atoms with Gasteiger partial charge in [-0.3, -0.25) is 0 Å². The van der Waals surface area contributed by atoms with Gasteiger partial charge in [-0.2, -0.15) is 0 Å². The van der Waals surface area contributed by atoms with Crippen molar-refractivity contribution in [2.24, 2.45) is 0 Å². The average Bonchev–Trinajstić information content (AvgIpc) is 2.28. The summed E-state index contributed by atoms with van der Waals surface area (Å²) >= 11 is 0. The molecule has 0 saturated heterocycles. The Morgan fingerprint density at radius 2 is 1.47 bits per heavy atom. The summed E-state index contributed by atoms with van der Waals surface area (Å²) in [7, 11) is 0. The Balaban J connectivity index is 0.00000108. The van der Waals surface area contributed by atoms with Crippen LogP contribution in [0.25, 0.3) is 21.8 Å². The molecule has 0 atom stereocenters. The summed E-state index contributed by atoms with van der Waals surface area (Å²) in [4.78, 5) is 4.27. The van der Waals surface area contributed by atoms with E-state index < -0.39 is 11.6 Å². The number of aromatic nitrogens is 1. The minimum Gasteiger partial charge on any atom is -0.248 e. The van der Waals surface area contributed by atoms with E-state index >= 15 is 0 Å². The lowest BCUT2D eigenvalue weighted by Crippen LogP contribution is -1.87. The first-order chi connectivity index (χ1) is 7.74. The number of halogens is 3. The minimum absolute atomic E-state index is 0. The first kappa shape index (κ1) is 11.7. The quantitative estimate of drug-likeness (QED) is 0.549. The SMILES string of the molecule is Cl.Fc1cc2cc3ccccc3nc2cc1F. The molecular formula is C13H8ClF2N. The molecule has 3 rings (SSSR count). The predicted octanol–water partition coefficient (Wildman–Crippen LogP) is 4.09. The number of pyridine rings is 1. The van der Waals surface area contributed by atoms with Crippen molar-refractivity contribution in [3.05, 3.63) is 54.1 Å². The zero-order valence-electron chi connectivity index (χ0n) is 8.65. The molecule has 0 amide bonds. The van der Waals surface area contributed by atoms with E-state index in [9.17, 15) is 8.78 Å². The van der Waals surface area contributed by atoms with Gasteiger partial charge < -0.3 is 0 Å². The summed E-state index contributed by atoms with van der Waals surface area (Å²) in [6, 6.07) is 11.6. The summed E-state index contributed by atoms with van der Waals surface area (Å²) in [5.41, 5.74) is 1.25. The number of rotatable bonds is 0. The van der Waals surface area contributed by atoms with Gasteiger partial charge in [-0.25, -0.2) is 13.8 Å². The lowest BCUT2D eigenvalue weighted by atomic mass is 10.1. The second-order valence-corrected chi connectivity index (χ2v) is 3.64. The Hall–Kier alpha value is -1.74. The molecule has 86 valence electrons. The van der Waals surface area contributed by atoms with E-state index in [-0.39, 0.29) is 12.4 Å². The number of nitrogens with zero attached hydrogens (tertiary/aromatic N) is 1. The van der Waals surface area contributed by atoms with E-state index in [4.69, 9.17) is 0 Å². The molecule has 3 aromatic rings. The third-order valence-electron chi connectivity index (χ3n) is 2.56. The van der Waals surface area contributed by atoms with Crippen molar-refractivity contribution in [1.82, 2.24) is 4.98 Å². The predicted molar refractivity (Wildman–Crippen MR) is 66.4 cm³/mol. The third kappa shape index (κ3) is 1.94. The number of hydrogen-bond donors (Lipinski definition) is 0. The third-order valence-corrected chi connectivity index (χ3v) is 2.56. The van der Waals surface area contributed by atoms with Gasteiger partial charge in [0.05, 0.1) is 11.0 Å². The maximum atomic E-state index is 13.0. The summed E-state index contributed by atoms with van der Waals surface area (Å²) in [5.74, 6) is -1.71. The van der Waals surface area contributed by atoms with E-state index in [2.05, 4.69) is 4.98 Å². The molecule has 17 heavy (non-hydrogen) atoms. The van der Waals surface area contributed by atoms with Gasteiger partial charge in [0.2, 0.25) is 0 Å². The molecule has 1 aromatic heterocycles. The number of para-hydroxylation sites is 1. The van der Waals surface area contributed by atoms with E-state index in [1.165, 1.54) is 6.07 Å². The second kappa shape index (κ2) is 4.26. The van der Waals surface area contributed by atoms with Crippen molar-refractivity contribution >= 4 is 34.2 Å². The molecule has 2 aromatic carbocycles. The van der Waals surface area contributed by atoms with Crippen LogP contribution < -0.4 is 0 Å². The Bertz CT molecular complexity index is 637. The molecule has 0 radical (unpaired) electrons. The van der Waals surface area contributed by atoms with Crippen molar-refractivity contribution in [1.29, 1.82) is 0 Å². The first-order valence-electron chi connectivity index (χ1n) is 4.88. The van der Waals surface area contributed by atoms with Gasteiger partial charge in [-0.15, -0.1) is 12.4 Å². The average molecular weight is 252 g/mol. The normalized spacial score (nSPS) is 10.5. The van der Waals surface area contributed by atoms with Crippen LogP contribution in [-0.2, 0) is 0 Å². The molecule has 0 unspecified atom stereocenters. The van der Waals surface area contributed by atoms with Crippen LogP contribution in [0.15, 0.2) is 42.5 Å². The number of hydrogen-bond acceptors (Lipinski definition) is 1. The molecule has 1 nitrogen and oxygen atoms in total. The highest BCUT2D eigenvalue weighted by atomic mass is 35.5. The molecule has 0 fully saturated rings. The molecule has 0 aliphatic carbocycles. The van der Waals surface area contributed by atoms with Crippen LogP contribution in [0.4, 0.5) is 8.78 Å². The van der Waals surface area contributed by atoms with E-state index in [0.29, 0.717) is 10.9 Å². The van der Waals surface area contributed by atoms with Gasteiger partial charge in [-0.1, -0.05) is 18.2 Å². The van der Waals surface area contributed by atoms with Crippen LogP contribution in [0, 0.1) is 11.6 Å². The molecule has 0 aliphatic rings. The standard InChI is InChI=1S/C13H7F2N.ClH/c14-10-6-9-5-8-3-1-2-4-12(8)16-13(9)7-11(10)15;/h1-7H;1H. The van der Waals surface area contributed by atoms with Crippen molar-refractivity contribution in [2.45, 2.75) is 0 Å². The lowest BCUT2D eigenvalue weighted by Gasteiger charge is -2.02. The summed E-state index contributed by atoms with van der Waals surface area (Å²) in [6.45, 7) is 0. The van der Waals surface area contributed by atoms with Crippen LogP contribution in [0.5, 0.6) is 0 Å². The largest absolute Gasteiger partial charge is 0.248 e. The number of benzene rings is 2. The second-order valence-electron chi connectivity index (χ2n) is 3.64. The van der Waals surface area contributed by atoms with Crippen molar-refractivity contribution in [2.75, 3.05) is 0 Å². The van der Waals surface area contributed by atoms with Crippen molar-refractivity contribution in [3.63, 3.8) is 0 Å². The summed E-state index contributed by atoms with van der Waals surface area (Å²) < 4.78 is 26.1.